The maximum atomic E-state index is 12.3. The first kappa shape index (κ1) is 20.0. The Hall–Kier alpha value is -2.71. The van der Waals surface area contributed by atoms with Crippen LogP contribution >= 0.6 is 0 Å². The predicted molar refractivity (Wildman–Crippen MR) is 105 cm³/mol. The molecule has 1 aliphatic carbocycles. The van der Waals surface area contributed by atoms with Crippen molar-refractivity contribution in [1.29, 1.82) is 0 Å². The SMILES string of the molecule is CCOC(=O)c1ccc(S(=O)(=O)NCC(=O)Nc2ccc3c(c2)CCC3)cc1. The molecule has 0 unspecified atom stereocenters. The number of hydrogen-bond acceptors (Lipinski definition) is 5. The number of nitrogens with one attached hydrogen (secondary N) is 2. The van der Waals surface area contributed by atoms with E-state index in [0.29, 0.717) is 5.69 Å². The number of hydrogen-bond donors (Lipinski definition) is 2. The van der Waals surface area contributed by atoms with Crippen LogP contribution in [0.25, 0.3) is 0 Å². The maximum absolute atomic E-state index is 12.3. The number of anilines is 1. The Morgan fingerprint density at radius 1 is 1.04 bits per heavy atom. The second-order valence-corrected chi connectivity index (χ2v) is 8.22. The standard InChI is InChI=1S/C20H22N2O5S/c1-2-27-20(24)15-7-10-18(11-8-15)28(25,26)21-13-19(23)22-17-9-6-14-4-3-5-16(14)12-17/h6-12,21H,2-5,13H2,1H3,(H,22,23). The molecule has 0 fully saturated rings. The van der Waals surface area contributed by atoms with Gasteiger partial charge in [0.25, 0.3) is 0 Å². The first-order chi connectivity index (χ1) is 13.4. The molecule has 1 aliphatic rings. The highest BCUT2D eigenvalue weighted by Crippen LogP contribution is 2.24. The van der Waals surface area contributed by atoms with Crippen LogP contribution in [0.2, 0.25) is 0 Å². The Bertz CT molecular complexity index is 984. The summed E-state index contributed by atoms with van der Waals surface area (Å²) in [6, 6.07) is 11.1. The van der Waals surface area contributed by atoms with E-state index in [0.717, 1.165) is 19.3 Å². The molecule has 0 bridgehead atoms. The Morgan fingerprint density at radius 2 is 1.75 bits per heavy atom. The summed E-state index contributed by atoms with van der Waals surface area (Å²) < 4.78 is 31.8. The Labute approximate surface area is 164 Å². The fourth-order valence-electron chi connectivity index (χ4n) is 3.08. The zero-order valence-electron chi connectivity index (χ0n) is 15.5. The van der Waals surface area contributed by atoms with E-state index in [4.69, 9.17) is 4.74 Å². The summed E-state index contributed by atoms with van der Waals surface area (Å²) in [5, 5.41) is 2.71. The van der Waals surface area contributed by atoms with Crippen LogP contribution in [0.4, 0.5) is 5.69 Å². The van der Waals surface area contributed by atoms with Gasteiger partial charge in [-0.1, -0.05) is 6.07 Å². The van der Waals surface area contributed by atoms with Crippen molar-refractivity contribution in [2.75, 3.05) is 18.5 Å². The number of sulfonamides is 1. The van der Waals surface area contributed by atoms with Gasteiger partial charge in [0, 0.05) is 5.69 Å². The van der Waals surface area contributed by atoms with Crippen molar-refractivity contribution >= 4 is 27.6 Å². The van der Waals surface area contributed by atoms with Gasteiger partial charge in [-0.05, 0) is 73.7 Å². The van der Waals surface area contributed by atoms with Crippen molar-refractivity contribution in [1.82, 2.24) is 4.72 Å². The van der Waals surface area contributed by atoms with Crippen LogP contribution < -0.4 is 10.0 Å². The maximum Gasteiger partial charge on any atom is 0.338 e. The fraction of sp³-hybridized carbons (Fsp3) is 0.300. The van der Waals surface area contributed by atoms with Crippen LogP contribution in [0.1, 0.15) is 34.8 Å². The average molecular weight is 402 g/mol. The van der Waals surface area contributed by atoms with Crippen molar-refractivity contribution in [2.24, 2.45) is 0 Å². The summed E-state index contributed by atoms with van der Waals surface area (Å²) >= 11 is 0. The molecule has 2 aromatic carbocycles. The van der Waals surface area contributed by atoms with Gasteiger partial charge >= 0.3 is 5.97 Å². The summed E-state index contributed by atoms with van der Waals surface area (Å²) in [7, 11) is -3.87. The van der Waals surface area contributed by atoms with Gasteiger partial charge in [-0.2, -0.15) is 0 Å². The first-order valence-corrected chi connectivity index (χ1v) is 10.6. The second-order valence-electron chi connectivity index (χ2n) is 6.45. The number of amides is 1. The molecule has 0 saturated carbocycles. The van der Waals surface area contributed by atoms with Gasteiger partial charge < -0.3 is 10.1 Å². The van der Waals surface area contributed by atoms with E-state index in [1.165, 1.54) is 35.4 Å². The number of ether oxygens (including phenoxy) is 1. The molecule has 148 valence electrons. The van der Waals surface area contributed by atoms with E-state index in [-0.39, 0.29) is 23.6 Å². The highest BCUT2D eigenvalue weighted by molar-refractivity contribution is 7.89. The van der Waals surface area contributed by atoms with Gasteiger partial charge in [-0.3, -0.25) is 4.79 Å². The van der Waals surface area contributed by atoms with Gasteiger partial charge in [-0.25, -0.2) is 17.9 Å². The predicted octanol–water partition coefficient (Wildman–Crippen LogP) is 2.27. The lowest BCUT2D eigenvalue weighted by atomic mass is 10.1. The lowest BCUT2D eigenvalue weighted by Crippen LogP contribution is -2.33. The lowest BCUT2D eigenvalue weighted by Gasteiger charge is -2.09. The normalized spacial score (nSPS) is 13.0. The second kappa shape index (κ2) is 8.53. The molecule has 0 aromatic heterocycles. The molecular formula is C20H22N2O5S. The molecule has 0 spiro atoms. The number of aryl methyl sites for hydroxylation is 2. The molecule has 0 atom stereocenters. The van der Waals surface area contributed by atoms with Crippen LogP contribution in [0.5, 0.6) is 0 Å². The van der Waals surface area contributed by atoms with Gasteiger partial charge in [0.05, 0.1) is 23.6 Å². The minimum Gasteiger partial charge on any atom is -0.462 e. The molecule has 1 amide bonds. The number of esters is 1. The highest BCUT2D eigenvalue weighted by atomic mass is 32.2. The van der Waals surface area contributed by atoms with Crippen molar-refractivity contribution in [3.63, 3.8) is 0 Å². The molecule has 28 heavy (non-hydrogen) atoms. The molecule has 2 N–H and O–H groups in total. The number of carbonyl (C=O) groups excluding carboxylic acids is 2. The van der Waals surface area contributed by atoms with Crippen molar-refractivity contribution < 1.29 is 22.7 Å². The average Bonchev–Trinajstić information content (AvgIpc) is 3.15. The number of fused-ring (bicyclic) bond motifs is 1. The quantitative estimate of drug-likeness (QED) is 0.692. The van der Waals surface area contributed by atoms with Crippen LogP contribution in [-0.2, 0) is 32.4 Å². The third-order valence-electron chi connectivity index (χ3n) is 4.48. The monoisotopic (exact) mass is 402 g/mol. The third-order valence-corrected chi connectivity index (χ3v) is 5.90. The van der Waals surface area contributed by atoms with Crippen molar-refractivity contribution in [3.05, 3.63) is 59.2 Å². The molecule has 0 radical (unpaired) electrons. The summed E-state index contributed by atoms with van der Waals surface area (Å²) in [4.78, 5) is 23.7. The number of carbonyl (C=O) groups is 2. The summed E-state index contributed by atoms with van der Waals surface area (Å²) in [5.41, 5.74) is 3.43. The van der Waals surface area contributed by atoms with Crippen LogP contribution in [-0.4, -0.2) is 33.4 Å². The Morgan fingerprint density at radius 3 is 2.46 bits per heavy atom. The topological polar surface area (TPSA) is 102 Å². The summed E-state index contributed by atoms with van der Waals surface area (Å²) in [6.07, 6.45) is 3.16. The fourth-order valence-corrected chi connectivity index (χ4v) is 4.07. The minimum atomic E-state index is -3.87. The van der Waals surface area contributed by atoms with Crippen LogP contribution in [0, 0.1) is 0 Å². The number of rotatable bonds is 7. The van der Waals surface area contributed by atoms with Gasteiger partial charge in [0.15, 0.2) is 0 Å². The minimum absolute atomic E-state index is 0.0362. The van der Waals surface area contributed by atoms with Crippen molar-refractivity contribution in [3.8, 4) is 0 Å². The largest absolute Gasteiger partial charge is 0.462 e. The summed E-state index contributed by atoms with van der Waals surface area (Å²) in [5.74, 6) is -0.974. The molecule has 2 aromatic rings. The van der Waals surface area contributed by atoms with Gasteiger partial charge in [0.1, 0.15) is 0 Å². The van der Waals surface area contributed by atoms with E-state index in [1.807, 2.05) is 18.2 Å². The van der Waals surface area contributed by atoms with Crippen molar-refractivity contribution in [2.45, 2.75) is 31.1 Å². The molecular weight excluding hydrogens is 380 g/mol. The van der Waals surface area contributed by atoms with E-state index >= 15 is 0 Å². The molecule has 8 heteroatoms. The number of benzene rings is 2. The Kier molecular flexibility index (Phi) is 6.11. The smallest absolute Gasteiger partial charge is 0.338 e. The first-order valence-electron chi connectivity index (χ1n) is 9.07. The van der Waals surface area contributed by atoms with Crippen LogP contribution in [0.3, 0.4) is 0 Å². The van der Waals surface area contributed by atoms with Crippen LogP contribution in [0.15, 0.2) is 47.4 Å². The van der Waals surface area contributed by atoms with E-state index in [9.17, 15) is 18.0 Å². The zero-order chi connectivity index (χ0) is 20.1. The summed E-state index contributed by atoms with van der Waals surface area (Å²) in [6.45, 7) is 1.54. The van der Waals surface area contributed by atoms with E-state index in [1.54, 1.807) is 6.92 Å². The molecule has 0 aliphatic heterocycles. The lowest BCUT2D eigenvalue weighted by molar-refractivity contribution is -0.115. The van der Waals surface area contributed by atoms with E-state index < -0.39 is 21.9 Å². The molecule has 3 rings (SSSR count). The van der Waals surface area contributed by atoms with Gasteiger partial charge in [-0.15, -0.1) is 0 Å². The van der Waals surface area contributed by atoms with E-state index in [2.05, 4.69) is 10.0 Å². The third kappa shape index (κ3) is 4.76. The molecule has 0 saturated heterocycles. The molecule has 0 heterocycles. The van der Waals surface area contributed by atoms with Gasteiger partial charge in [0.2, 0.25) is 15.9 Å². The zero-order valence-corrected chi connectivity index (χ0v) is 16.3. The molecule has 7 nitrogen and oxygen atoms in total. The highest BCUT2D eigenvalue weighted by Gasteiger charge is 2.17. The Balaban J connectivity index is 1.58.